The van der Waals surface area contributed by atoms with Gasteiger partial charge in [-0.15, -0.1) is 0 Å². The first-order valence-corrected chi connectivity index (χ1v) is 14.6. The van der Waals surface area contributed by atoms with Crippen LogP contribution in [0.1, 0.15) is 43.2 Å². The first-order chi connectivity index (χ1) is 19.6. The number of nitrogens with one attached hydrogen (secondary N) is 1. The molecular formula is C32H41FN4O3. The Hall–Kier alpha value is -3.07. The molecular weight excluding hydrogens is 507 g/mol. The van der Waals surface area contributed by atoms with Crippen LogP contribution in [0.5, 0.6) is 0 Å². The van der Waals surface area contributed by atoms with Crippen molar-refractivity contribution in [3.8, 4) is 0 Å². The molecule has 2 aliphatic heterocycles. The van der Waals surface area contributed by atoms with E-state index in [9.17, 15) is 9.18 Å². The van der Waals surface area contributed by atoms with E-state index in [1.165, 1.54) is 32.1 Å². The van der Waals surface area contributed by atoms with E-state index in [2.05, 4.69) is 20.1 Å². The topological polar surface area (TPSA) is 66.9 Å². The zero-order valence-electron chi connectivity index (χ0n) is 23.5. The number of ether oxygens (including phenoxy) is 2. The predicted molar refractivity (Wildman–Crippen MR) is 155 cm³/mol. The van der Waals surface area contributed by atoms with Gasteiger partial charge in [-0.2, -0.15) is 0 Å². The van der Waals surface area contributed by atoms with E-state index in [0.717, 1.165) is 99.8 Å². The molecule has 1 aromatic carbocycles. The van der Waals surface area contributed by atoms with E-state index in [4.69, 9.17) is 9.47 Å². The summed E-state index contributed by atoms with van der Waals surface area (Å²) in [7, 11) is 1.43. The number of methoxy groups -OCH3 is 1. The van der Waals surface area contributed by atoms with E-state index in [0.29, 0.717) is 12.0 Å². The largest absolute Gasteiger partial charge is 0.466 e. The average Bonchev–Trinajstić information content (AvgIpc) is 3.46. The number of benzene rings is 1. The van der Waals surface area contributed by atoms with E-state index < -0.39 is 0 Å². The quantitative estimate of drug-likeness (QED) is 0.442. The van der Waals surface area contributed by atoms with Gasteiger partial charge in [-0.05, 0) is 87.1 Å². The smallest absolute Gasteiger partial charge is 0.334 e. The van der Waals surface area contributed by atoms with Gasteiger partial charge < -0.3 is 19.7 Å². The zero-order chi connectivity index (χ0) is 27.7. The van der Waals surface area contributed by atoms with E-state index in [-0.39, 0.29) is 17.7 Å². The van der Waals surface area contributed by atoms with Gasteiger partial charge in [0, 0.05) is 66.9 Å². The molecule has 2 aromatic rings. The third kappa shape index (κ3) is 6.97. The summed E-state index contributed by atoms with van der Waals surface area (Å²) >= 11 is 0. The molecule has 3 aliphatic rings. The van der Waals surface area contributed by atoms with Gasteiger partial charge in [-0.25, -0.2) is 9.18 Å². The van der Waals surface area contributed by atoms with Gasteiger partial charge in [0.2, 0.25) is 0 Å². The second kappa shape index (κ2) is 14.0. The average molecular weight is 549 g/mol. The van der Waals surface area contributed by atoms with E-state index in [1.807, 2.05) is 12.1 Å². The van der Waals surface area contributed by atoms with E-state index >= 15 is 0 Å². The molecule has 40 heavy (non-hydrogen) atoms. The number of rotatable bonds is 10. The lowest BCUT2D eigenvalue weighted by atomic mass is 9.86. The molecule has 0 saturated carbocycles. The molecule has 0 radical (unpaired) electrons. The Kier molecular flexibility index (Phi) is 9.97. The summed E-state index contributed by atoms with van der Waals surface area (Å²) in [6.45, 7) is 8.48. The molecule has 1 atom stereocenters. The number of morpholine rings is 1. The molecule has 0 spiro atoms. The number of esters is 1. The lowest BCUT2D eigenvalue weighted by Crippen LogP contribution is -2.38. The number of halogens is 1. The maximum Gasteiger partial charge on any atom is 0.334 e. The minimum Gasteiger partial charge on any atom is -0.466 e. The number of pyridine rings is 1. The van der Waals surface area contributed by atoms with Crippen LogP contribution in [0, 0.1) is 11.7 Å². The van der Waals surface area contributed by atoms with Gasteiger partial charge >= 0.3 is 5.97 Å². The lowest BCUT2D eigenvalue weighted by molar-refractivity contribution is -0.136. The molecule has 2 saturated heterocycles. The summed E-state index contributed by atoms with van der Waals surface area (Å²) in [5, 5.41) is 3.88. The molecule has 5 rings (SSSR count). The van der Waals surface area contributed by atoms with Gasteiger partial charge in [-0.1, -0.05) is 12.1 Å². The number of nitrogens with zero attached hydrogens (tertiary/aromatic N) is 3. The highest BCUT2D eigenvalue weighted by Gasteiger charge is 2.32. The Morgan fingerprint density at radius 2 is 1.65 bits per heavy atom. The van der Waals surface area contributed by atoms with Crippen LogP contribution in [-0.4, -0.2) is 86.9 Å². The maximum absolute atomic E-state index is 14.0. The number of allylic oxidation sites excluding steroid dienone is 3. The normalized spacial score (nSPS) is 21.0. The Morgan fingerprint density at radius 3 is 2.35 bits per heavy atom. The minimum atomic E-state index is -0.337. The van der Waals surface area contributed by atoms with Crippen LogP contribution in [0.25, 0.3) is 11.1 Å². The third-order valence-electron chi connectivity index (χ3n) is 8.35. The molecule has 1 unspecified atom stereocenters. The predicted octanol–water partition coefficient (Wildman–Crippen LogP) is 4.38. The van der Waals surface area contributed by atoms with Crippen LogP contribution in [0.2, 0.25) is 0 Å². The Balaban J connectivity index is 1.60. The fourth-order valence-electron chi connectivity index (χ4n) is 6.20. The first-order valence-electron chi connectivity index (χ1n) is 14.6. The standard InChI is InChI=1S/C32H41FN4O3/c1-39-32(38)28-9-6-26(12-18-37-20-22-40-23-21-37)31(35-15-19-36-16-2-3-17-36)30(25-10-13-34-14-11-25)29(28)24-4-7-27(33)8-5-24/h4-5,7-8,10-11,13-14,26,35H,2-3,6,9,12,15-23H2,1H3. The van der Waals surface area contributed by atoms with Crippen LogP contribution in [0.15, 0.2) is 60.1 Å². The molecule has 2 fully saturated rings. The molecule has 3 heterocycles. The summed E-state index contributed by atoms with van der Waals surface area (Å²) in [6.07, 6.45) is 8.46. The zero-order valence-corrected chi connectivity index (χ0v) is 23.5. The van der Waals surface area contributed by atoms with Crippen molar-refractivity contribution in [1.29, 1.82) is 0 Å². The van der Waals surface area contributed by atoms with Gasteiger partial charge in [0.1, 0.15) is 5.82 Å². The summed E-state index contributed by atoms with van der Waals surface area (Å²) in [5.41, 5.74) is 5.38. The molecule has 0 bridgehead atoms. The van der Waals surface area contributed by atoms with Crippen LogP contribution >= 0.6 is 0 Å². The second-order valence-electron chi connectivity index (χ2n) is 10.8. The van der Waals surface area contributed by atoms with Crippen molar-refractivity contribution in [1.82, 2.24) is 20.1 Å². The summed E-state index contributed by atoms with van der Waals surface area (Å²) in [6, 6.07) is 10.5. The number of carbonyl (C=O) groups excluding carboxylic acids is 1. The van der Waals surface area contributed by atoms with Crippen molar-refractivity contribution in [3.05, 3.63) is 77.0 Å². The maximum atomic E-state index is 14.0. The van der Waals surface area contributed by atoms with Crippen LogP contribution in [0.3, 0.4) is 0 Å². The Morgan fingerprint density at radius 1 is 0.975 bits per heavy atom. The van der Waals surface area contributed by atoms with Crippen molar-refractivity contribution in [2.75, 3.05) is 66.1 Å². The second-order valence-corrected chi connectivity index (χ2v) is 10.8. The summed E-state index contributed by atoms with van der Waals surface area (Å²) < 4.78 is 24.9. The summed E-state index contributed by atoms with van der Waals surface area (Å²) in [4.78, 5) is 22.6. The monoisotopic (exact) mass is 548 g/mol. The van der Waals surface area contributed by atoms with Crippen molar-refractivity contribution < 1.29 is 18.7 Å². The molecule has 0 amide bonds. The SMILES string of the molecule is COC(=O)C1=C(c2ccc(F)cc2)C(c2ccncc2)=C(NCCN2CCCC2)C(CCN2CCOCC2)CC1. The van der Waals surface area contributed by atoms with Crippen molar-refractivity contribution in [2.45, 2.75) is 32.1 Å². The molecule has 214 valence electrons. The van der Waals surface area contributed by atoms with Gasteiger partial charge in [0.05, 0.1) is 20.3 Å². The fraction of sp³-hybridized carbons (Fsp3) is 0.500. The third-order valence-corrected chi connectivity index (χ3v) is 8.35. The Bertz CT molecular complexity index is 1190. The summed E-state index contributed by atoms with van der Waals surface area (Å²) in [5.74, 6) is -0.433. The number of likely N-dealkylation sites (tertiary alicyclic amines) is 1. The van der Waals surface area contributed by atoms with E-state index in [1.54, 1.807) is 24.5 Å². The number of hydrogen-bond acceptors (Lipinski definition) is 7. The molecule has 7 nitrogen and oxygen atoms in total. The first kappa shape index (κ1) is 28.5. The van der Waals surface area contributed by atoms with Crippen molar-refractivity contribution >= 4 is 17.1 Å². The van der Waals surface area contributed by atoms with Gasteiger partial charge in [0.25, 0.3) is 0 Å². The fourth-order valence-corrected chi connectivity index (χ4v) is 6.20. The minimum absolute atomic E-state index is 0.210. The highest BCUT2D eigenvalue weighted by atomic mass is 19.1. The molecule has 1 aromatic heterocycles. The number of carbonyl (C=O) groups is 1. The molecule has 1 aliphatic carbocycles. The van der Waals surface area contributed by atoms with Crippen molar-refractivity contribution in [3.63, 3.8) is 0 Å². The molecule has 1 N–H and O–H groups in total. The van der Waals surface area contributed by atoms with Gasteiger partial charge in [-0.3, -0.25) is 9.88 Å². The molecule has 8 heteroatoms. The number of hydrogen-bond donors (Lipinski definition) is 1. The van der Waals surface area contributed by atoms with Crippen LogP contribution in [-0.2, 0) is 14.3 Å². The van der Waals surface area contributed by atoms with Crippen LogP contribution in [0.4, 0.5) is 4.39 Å². The van der Waals surface area contributed by atoms with Crippen LogP contribution < -0.4 is 5.32 Å². The number of aromatic nitrogens is 1. The Labute approximate surface area is 237 Å². The van der Waals surface area contributed by atoms with Crippen molar-refractivity contribution in [2.24, 2.45) is 5.92 Å². The highest BCUT2D eigenvalue weighted by molar-refractivity contribution is 6.15. The lowest BCUT2D eigenvalue weighted by Gasteiger charge is -2.30. The highest BCUT2D eigenvalue weighted by Crippen LogP contribution is 2.43. The van der Waals surface area contributed by atoms with Gasteiger partial charge in [0.15, 0.2) is 0 Å².